The first-order chi connectivity index (χ1) is 4.93. The van der Waals surface area contributed by atoms with Gasteiger partial charge in [0.15, 0.2) is 0 Å². The van der Waals surface area contributed by atoms with Crippen molar-refractivity contribution >= 4 is 12.0 Å². The predicted molar refractivity (Wildman–Crippen MR) is 43.3 cm³/mol. The van der Waals surface area contributed by atoms with Crippen LogP contribution in [-0.2, 0) is 0 Å². The summed E-state index contributed by atoms with van der Waals surface area (Å²) in [5.41, 5.74) is 0.938. The van der Waals surface area contributed by atoms with Gasteiger partial charge in [0.2, 0.25) is 0 Å². The molecule has 0 aliphatic heterocycles. The van der Waals surface area contributed by atoms with Crippen molar-refractivity contribution < 1.29 is 0 Å². The molecule has 1 N–H and O–H groups in total. The summed E-state index contributed by atoms with van der Waals surface area (Å²) >= 11 is 0. The SMILES string of the molecule is CN=CNc1[c]cccc1. The molecule has 0 heterocycles. The molecule has 0 aromatic heterocycles. The molecular formula is C8H9N2. The van der Waals surface area contributed by atoms with Gasteiger partial charge in [-0.25, -0.2) is 0 Å². The van der Waals surface area contributed by atoms with Gasteiger partial charge in [0.05, 0.1) is 6.34 Å². The molecule has 1 aromatic carbocycles. The highest BCUT2D eigenvalue weighted by atomic mass is 14.9. The highest BCUT2D eigenvalue weighted by molar-refractivity contribution is 5.74. The minimum absolute atomic E-state index is 0.938. The fraction of sp³-hybridized carbons (Fsp3) is 0.125. The number of benzene rings is 1. The Balaban J connectivity index is 2.59. The van der Waals surface area contributed by atoms with Crippen molar-refractivity contribution in [1.29, 1.82) is 0 Å². The van der Waals surface area contributed by atoms with E-state index in [-0.39, 0.29) is 0 Å². The fourth-order valence-corrected chi connectivity index (χ4v) is 0.617. The molecule has 2 nitrogen and oxygen atoms in total. The third kappa shape index (κ3) is 1.90. The van der Waals surface area contributed by atoms with E-state index in [1.807, 2.05) is 24.3 Å². The lowest BCUT2D eigenvalue weighted by Gasteiger charge is -1.95. The summed E-state index contributed by atoms with van der Waals surface area (Å²) in [6, 6.07) is 10.7. The van der Waals surface area contributed by atoms with E-state index in [1.54, 1.807) is 13.4 Å². The zero-order valence-corrected chi connectivity index (χ0v) is 5.83. The van der Waals surface area contributed by atoms with Crippen molar-refractivity contribution in [1.82, 2.24) is 0 Å². The standard InChI is InChI=1S/C8H9N2/c1-9-7-10-8-5-3-2-4-6-8/h2-5,7H,1H3,(H,9,10). The lowest BCUT2D eigenvalue weighted by atomic mass is 10.3. The second-order valence-electron chi connectivity index (χ2n) is 1.81. The number of nitrogens with one attached hydrogen (secondary N) is 1. The zero-order valence-electron chi connectivity index (χ0n) is 5.83. The molecule has 0 atom stereocenters. The van der Waals surface area contributed by atoms with Crippen LogP contribution in [0.3, 0.4) is 0 Å². The molecule has 0 amide bonds. The van der Waals surface area contributed by atoms with Crippen LogP contribution >= 0.6 is 0 Å². The number of para-hydroxylation sites is 1. The molecule has 0 fully saturated rings. The van der Waals surface area contributed by atoms with Gasteiger partial charge in [-0.3, -0.25) is 4.99 Å². The van der Waals surface area contributed by atoms with Crippen LogP contribution in [0.2, 0.25) is 0 Å². The molecule has 0 aliphatic rings. The number of aliphatic imine (C=N–C) groups is 1. The first-order valence-corrected chi connectivity index (χ1v) is 3.07. The number of rotatable bonds is 2. The largest absolute Gasteiger partial charge is 0.346 e. The number of hydrogen-bond acceptors (Lipinski definition) is 1. The van der Waals surface area contributed by atoms with Crippen molar-refractivity contribution in [2.75, 3.05) is 12.4 Å². The Hall–Kier alpha value is -1.31. The quantitative estimate of drug-likeness (QED) is 0.480. The van der Waals surface area contributed by atoms with Crippen molar-refractivity contribution in [2.45, 2.75) is 0 Å². The van der Waals surface area contributed by atoms with Gasteiger partial charge in [-0.2, -0.15) is 0 Å². The number of anilines is 1. The van der Waals surface area contributed by atoms with E-state index in [0.717, 1.165) is 5.69 Å². The second kappa shape index (κ2) is 3.67. The lowest BCUT2D eigenvalue weighted by Crippen LogP contribution is -1.92. The zero-order chi connectivity index (χ0) is 7.23. The van der Waals surface area contributed by atoms with Crippen LogP contribution in [0.15, 0.2) is 29.3 Å². The molecule has 0 aliphatic carbocycles. The summed E-state index contributed by atoms with van der Waals surface area (Å²) in [6.45, 7) is 0. The van der Waals surface area contributed by atoms with Crippen molar-refractivity contribution in [2.24, 2.45) is 4.99 Å². The Morgan fingerprint density at radius 1 is 1.60 bits per heavy atom. The average Bonchev–Trinajstić information content (AvgIpc) is 2.03. The molecule has 1 radical (unpaired) electrons. The minimum atomic E-state index is 0.938. The molecule has 0 saturated heterocycles. The van der Waals surface area contributed by atoms with Crippen LogP contribution in [0.1, 0.15) is 0 Å². The summed E-state index contributed by atoms with van der Waals surface area (Å²) in [5.74, 6) is 0. The first-order valence-electron chi connectivity index (χ1n) is 3.07. The Labute approximate surface area is 60.6 Å². The highest BCUT2D eigenvalue weighted by Crippen LogP contribution is 2.01. The van der Waals surface area contributed by atoms with E-state index in [2.05, 4.69) is 16.4 Å². The number of hydrogen-bond donors (Lipinski definition) is 1. The summed E-state index contributed by atoms with van der Waals surface area (Å²) in [7, 11) is 1.72. The van der Waals surface area contributed by atoms with Gasteiger partial charge < -0.3 is 5.32 Å². The molecule has 1 rings (SSSR count). The van der Waals surface area contributed by atoms with E-state index in [0.29, 0.717) is 0 Å². The van der Waals surface area contributed by atoms with Crippen LogP contribution in [0.5, 0.6) is 0 Å². The molecule has 0 unspecified atom stereocenters. The Morgan fingerprint density at radius 2 is 2.50 bits per heavy atom. The molecule has 1 aromatic rings. The molecule has 10 heavy (non-hydrogen) atoms. The molecule has 51 valence electrons. The second-order valence-corrected chi connectivity index (χ2v) is 1.81. The number of nitrogens with zero attached hydrogens (tertiary/aromatic N) is 1. The monoisotopic (exact) mass is 133 g/mol. The van der Waals surface area contributed by atoms with Crippen molar-refractivity contribution in [3.63, 3.8) is 0 Å². The Morgan fingerprint density at radius 3 is 3.10 bits per heavy atom. The minimum Gasteiger partial charge on any atom is -0.346 e. The summed E-state index contributed by atoms with van der Waals surface area (Å²) < 4.78 is 0. The molecule has 0 saturated carbocycles. The van der Waals surface area contributed by atoms with E-state index < -0.39 is 0 Å². The fourth-order valence-electron chi connectivity index (χ4n) is 0.617. The van der Waals surface area contributed by atoms with E-state index in [4.69, 9.17) is 0 Å². The van der Waals surface area contributed by atoms with Crippen molar-refractivity contribution in [3.8, 4) is 0 Å². The van der Waals surface area contributed by atoms with Gasteiger partial charge in [-0.15, -0.1) is 0 Å². The van der Waals surface area contributed by atoms with Gasteiger partial charge in [0, 0.05) is 18.8 Å². The average molecular weight is 133 g/mol. The first kappa shape index (κ1) is 6.81. The summed E-state index contributed by atoms with van der Waals surface area (Å²) in [5, 5.41) is 2.95. The molecule has 2 heteroatoms. The lowest BCUT2D eigenvalue weighted by molar-refractivity contribution is 1.45. The maximum atomic E-state index is 3.77. The maximum absolute atomic E-state index is 3.77. The Kier molecular flexibility index (Phi) is 2.49. The van der Waals surface area contributed by atoms with Crippen LogP contribution < -0.4 is 5.32 Å². The van der Waals surface area contributed by atoms with Crippen LogP contribution in [0, 0.1) is 6.07 Å². The Bertz CT molecular complexity index is 204. The summed E-state index contributed by atoms with van der Waals surface area (Å²) in [6.07, 6.45) is 1.63. The molecule has 0 bridgehead atoms. The van der Waals surface area contributed by atoms with E-state index in [1.165, 1.54) is 0 Å². The highest BCUT2D eigenvalue weighted by Gasteiger charge is 1.82. The maximum Gasteiger partial charge on any atom is 0.0864 e. The van der Waals surface area contributed by atoms with Crippen molar-refractivity contribution in [3.05, 3.63) is 30.3 Å². The van der Waals surface area contributed by atoms with Crippen LogP contribution in [0.4, 0.5) is 5.69 Å². The normalized spacial score (nSPS) is 10.1. The van der Waals surface area contributed by atoms with Gasteiger partial charge in [0.1, 0.15) is 0 Å². The van der Waals surface area contributed by atoms with Crippen LogP contribution in [-0.4, -0.2) is 13.4 Å². The van der Waals surface area contributed by atoms with E-state index >= 15 is 0 Å². The van der Waals surface area contributed by atoms with Gasteiger partial charge >= 0.3 is 0 Å². The topological polar surface area (TPSA) is 24.4 Å². The van der Waals surface area contributed by atoms with Gasteiger partial charge in [0.25, 0.3) is 0 Å². The third-order valence-corrected chi connectivity index (χ3v) is 1.06. The van der Waals surface area contributed by atoms with Crippen LogP contribution in [0.25, 0.3) is 0 Å². The van der Waals surface area contributed by atoms with Gasteiger partial charge in [-0.1, -0.05) is 18.2 Å². The van der Waals surface area contributed by atoms with E-state index in [9.17, 15) is 0 Å². The predicted octanol–water partition coefficient (Wildman–Crippen LogP) is 1.56. The summed E-state index contributed by atoms with van der Waals surface area (Å²) in [4.78, 5) is 3.77. The van der Waals surface area contributed by atoms with Gasteiger partial charge in [-0.05, 0) is 6.07 Å². The molecule has 0 spiro atoms. The smallest absolute Gasteiger partial charge is 0.0864 e. The third-order valence-electron chi connectivity index (χ3n) is 1.06. The molecular weight excluding hydrogens is 124 g/mol.